The molecule has 6 aromatic rings. The number of carbonyl (C=O) groups is 1. The number of alkyl halides is 3. The van der Waals surface area contributed by atoms with Crippen molar-refractivity contribution in [3.63, 3.8) is 0 Å². The van der Waals surface area contributed by atoms with Crippen LogP contribution in [0.1, 0.15) is 93.9 Å². The number of aromatic nitrogens is 3. The van der Waals surface area contributed by atoms with Crippen LogP contribution in [-0.4, -0.2) is 141 Å². The van der Waals surface area contributed by atoms with Crippen LogP contribution < -0.4 is 29.9 Å². The monoisotopic (exact) mass is 1160 g/mol. The molecule has 7 heterocycles. The predicted octanol–water partition coefficient (Wildman–Crippen LogP) is 9.56. The summed E-state index contributed by atoms with van der Waals surface area (Å²) in [6.45, 7) is 11.1. The van der Waals surface area contributed by atoms with E-state index in [0.29, 0.717) is 54.8 Å². The summed E-state index contributed by atoms with van der Waals surface area (Å²) in [5, 5.41) is 56.1. The van der Waals surface area contributed by atoms with Gasteiger partial charge in [0, 0.05) is 66.4 Å². The molecule has 0 radical (unpaired) electrons. The Hall–Kier alpha value is -7.87. The third-order valence-electron chi connectivity index (χ3n) is 17.7. The van der Waals surface area contributed by atoms with Crippen molar-refractivity contribution in [3.05, 3.63) is 94.6 Å². The molecule has 1 amide bonds. The van der Waals surface area contributed by atoms with E-state index < -0.39 is 47.2 Å². The van der Waals surface area contributed by atoms with Crippen LogP contribution in [-0.2, 0) is 11.3 Å². The Morgan fingerprint density at radius 3 is 2.15 bits per heavy atom. The number of aromatic hydroxyl groups is 3. The van der Waals surface area contributed by atoms with E-state index in [1.807, 2.05) is 0 Å². The van der Waals surface area contributed by atoms with E-state index in [4.69, 9.17) is 36.7 Å². The molecular formula is C62H68F5N11O6. The second-order valence-electron chi connectivity index (χ2n) is 23.7. The van der Waals surface area contributed by atoms with Crippen LogP contribution >= 0.6 is 0 Å². The maximum Gasteiger partial charge on any atom is 0.408 e. The van der Waals surface area contributed by atoms with Crippen LogP contribution in [0.25, 0.3) is 32.9 Å². The molecule has 3 unspecified atom stereocenters. The number of carbonyl (C=O) groups excluding carboxylic acids is 1. The van der Waals surface area contributed by atoms with Crippen LogP contribution in [0.2, 0.25) is 0 Å². The van der Waals surface area contributed by atoms with Gasteiger partial charge in [-0.1, -0.05) is 38.0 Å². The van der Waals surface area contributed by atoms with Crippen molar-refractivity contribution in [2.45, 2.75) is 102 Å². The fourth-order valence-electron chi connectivity index (χ4n) is 12.7. The number of hydrogen-bond acceptors (Lipinski definition) is 15. The Bertz CT molecular complexity index is 3580. The quantitative estimate of drug-likeness (QED) is 0.0221. The van der Waals surface area contributed by atoms with Crippen LogP contribution in [0, 0.1) is 52.0 Å². The Morgan fingerprint density at radius 1 is 0.893 bits per heavy atom. The van der Waals surface area contributed by atoms with Gasteiger partial charge >= 0.3 is 12.2 Å². The fraction of sp³-hybridized carbons (Fsp3) is 0.452. The number of nitrogens with one attached hydrogen (secondary N) is 4. The molecule has 12 rings (SSSR count). The zero-order valence-electron chi connectivity index (χ0n) is 47.2. The highest BCUT2D eigenvalue weighted by atomic mass is 19.4. The van der Waals surface area contributed by atoms with Gasteiger partial charge in [0.25, 0.3) is 5.91 Å². The van der Waals surface area contributed by atoms with Gasteiger partial charge in [-0.15, -0.1) is 6.42 Å². The van der Waals surface area contributed by atoms with Gasteiger partial charge in [-0.3, -0.25) is 25.4 Å². The zero-order chi connectivity index (χ0) is 59.5. The number of phenols is 3. The Balaban J connectivity index is 0.726. The molecule has 4 aromatic carbocycles. The lowest BCUT2D eigenvalue weighted by molar-refractivity contribution is -0.156. The summed E-state index contributed by atoms with van der Waals surface area (Å²) in [4.78, 5) is 35.3. The number of benzene rings is 4. The third-order valence-corrected chi connectivity index (χ3v) is 17.7. The first-order valence-corrected chi connectivity index (χ1v) is 28.6. The van der Waals surface area contributed by atoms with Crippen molar-refractivity contribution in [2.24, 2.45) is 17.3 Å². The number of rotatable bonds is 15. The van der Waals surface area contributed by atoms with Gasteiger partial charge in [0.1, 0.15) is 57.4 Å². The molecule has 6 aliphatic rings. The second kappa shape index (κ2) is 22.9. The number of hydrogen-bond donors (Lipinski definition) is 7. The summed E-state index contributed by atoms with van der Waals surface area (Å²) in [6, 6.07) is 12.8. The molecular weight excluding hydrogens is 1090 g/mol. The van der Waals surface area contributed by atoms with Gasteiger partial charge in [0.2, 0.25) is 5.88 Å². The highest BCUT2D eigenvalue weighted by Gasteiger charge is 2.46. The number of phenolic OH excluding ortho intramolecular Hbond substituents is 3. The summed E-state index contributed by atoms with van der Waals surface area (Å²) in [7, 11) is 1.43. The number of piperidine rings is 3. The molecule has 7 N–H and O–H groups in total. The summed E-state index contributed by atoms with van der Waals surface area (Å²) in [6.07, 6.45) is 8.17. The van der Waals surface area contributed by atoms with Gasteiger partial charge in [0.15, 0.2) is 11.7 Å². The molecule has 17 nitrogen and oxygen atoms in total. The number of methoxy groups -OCH3 is 1. The van der Waals surface area contributed by atoms with Gasteiger partial charge in [0.05, 0.1) is 24.8 Å². The van der Waals surface area contributed by atoms with Crippen molar-refractivity contribution < 1.29 is 51.5 Å². The van der Waals surface area contributed by atoms with Crippen LogP contribution in [0.15, 0.2) is 60.7 Å². The Labute approximate surface area is 483 Å². The Morgan fingerprint density at radius 2 is 1.55 bits per heavy atom. The molecule has 0 spiro atoms. The average molecular weight is 1160 g/mol. The first kappa shape index (κ1) is 57.9. The van der Waals surface area contributed by atoms with E-state index in [2.05, 4.69) is 30.9 Å². The van der Waals surface area contributed by atoms with E-state index in [1.165, 1.54) is 37.4 Å². The lowest BCUT2D eigenvalue weighted by Gasteiger charge is -2.48. The van der Waals surface area contributed by atoms with Crippen molar-refractivity contribution in [1.82, 2.24) is 35.4 Å². The van der Waals surface area contributed by atoms with E-state index in [0.717, 1.165) is 101 Å². The number of likely N-dealkylation sites (tertiary alicyclic amines) is 2. The molecule has 84 heavy (non-hydrogen) atoms. The lowest BCUT2D eigenvalue weighted by Crippen LogP contribution is -2.67. The molecule has 1 aliphatic carbocycles. The third kappa shape index (κ3) is 11.6. The van der Waals surface area contributed by atoms with Gasteiger partial charge in [-0.25, -0.2) is 13.8 Å². The van der Waals surface area contributed by atoms with E-state index in [1.54, 1.807) is 43.4 Å². The van der Waals surface area contributed by atoms with Crippen LogP contribution in [0.3, 0.4) is 0 Å². The number of piperazine rings is 1. The number of nitrogens with zero attached hydrogens (tertiary/aromatic N) is 7. The SMILES string of the molecule is C#Cc1c(F)ccc2cc(O)cc(-c3nc(OC)c4c(N5CC6CC(C5)N6)nc(OCC5(CN6CCC(C7CCN(Cc8ccc(N(C(=N)C(=O)NC(C)C(F)(F)F)C(=N)c9cc(C(C)C)c(O)cc9O)cc8)CC7)CC6)CC5)nc4c3F)c12. The number of terminal acetylenes is 1. The van der Waals surface area contributed by atoms with Crippen LogP contribution in [0.4, 0.5) is 33.5 Å². The molecule has 1 saturated carbocycles. The average Bonchev–Trinajstić information content (AvgIpc) is 1.14. The number of halogens is 5. The van der Waals surface area contributed by atoms with Gasteiger partial charge in [-0.2, -0.15) is 23.1 Å². The number of fused-ring (bicyclic) bond motifs is 4. The second-order valence-corrected chi connectivity index (χ2v) is 23.7. The minimum absolute atomic E-state index is 0.0206. The summed E-state index contributed by atoms with van der Waals surface area (Å²) >= 11 is 0. The lowest BCUT2D eigenvalue weighted by atomic mass is 9.78. The predicted molar refractivity (Wildman–Crippen MR) is 309 cm³/mol. The standard InChI is InChI=1S/C62H68F5N11O6/c1-6-43-47(63)12-9-38-23-42(79)25-46(50(38)43)53-52(64)54-51(59(72-53)83-5)57(77-29-39-24-40(30-77)71-39)74-60(73-54)84-32-61(17-18-61)31-76-21-15-37(16-22-76)36-13-19-75(20-14-36)28-35-7-10-41(11-8-35)78(56(69)58(82)70-34(4)62(65,66)67)55(68)45-26-44(33(2)3)48(80)27-49(45)81/h1,7-12,23,25-27,33-34,36-37,39-40,68-69,71,79-81H,13-22,24,28-32H2,2-5H3,(H,70,82). The van der Waals surface area contributed by atoms with Gasteiger partial charge in [-0.05, 0) is 149 Å². The van der Waals surface area contributed by atoms with E-state index in [-0.39, 0.29) is 91.2 Å². The summed E-state index contributed by atoms with van der Waals surface area (Å²) in [5.41, 5.74) is 0.881. The highest BCUT2D eigenvalue weighted by molar-refractivity contribution is 6.48. The number of anilines is 2. The maximum absolute atomic E-state index is 17.4. The first-order valence-electron chi connectivity index (χ1n) is 28.6. The molecule has 442 valence electrons. The zero-order valence-corrected chi connectivity index (χ0v) is 47.2. The maximum atomic E-state index is 17.4. The molecule has 3 atom stereocenters. The minimum atomic E-state index is -4.78. The molecule has 6 fully saturated rings. The number of ether oxygens (including phenoxy) is 2. The number of amidine groups is 2. The van der Waals surface area contributed by atoms with Crippen LogP contribution in [0.5, 0.6) is 29.1 Å². The number of amides is 1. The highest BCUT2D eigenvalue weighted by Crippen LogP contribution is 2.48. The number of pyridine rings is 1. The first-order chi connectivity index (χ1) is 40.1. The normalized spacial score (nSPS) is 19.7. The molecule has 5 saturated heterocycles. The topological polar surface area (TPSA) is 220 Å². The fourth-order valence-corrected chi connectivity index (χ4v) is 12.7. The molecule has 2 aromatic heterocycles. The van der Waals surface area contributed by atoms with Crippen molar-refractivity contribution >= 4 is 50.8 Å². The largest absolute Gasteiger partial charge is 0.508 e. The Kier molecular flexibility index (Phi) is 15.8. The summed E-state index contributed by atoms with van der Waals surface area (Å²) < 4.78 is 85.3. The molecule has 22 heteroatoms. The minimum Gasteiger partial charge on any atom is -0.508 e. The van der Waals surface area contributed by atoms with Crippen molar-refractivity contribution in [2.75, 3.05) is 69.3 Å². The van der Waals surface area contributed by atoms with E-state index in [9.17, 15) is 33.3 Å². The van der Waals surface area contributed by atoms with Gasteiger partial charge < -0.3 is 45.2 Å². The molecule has 2 bridgehead atoms. The van der Waals surface area contributed by atoms with Crippen molar-refractivity contribution in [1.29, 1.82) is 10.8 Å². The summed E-state index contributed by atoms with van der Waals surface area (Å²) in [5.74, 6) is -1.47. The smallest absolute Gasteiger partial charge is 0.408 e. The van der Waals surface area contributed by atoms with E-state index >= 15 is 8.78 Å². The molecule has 5 aliphatic heterocycles. The van der Waals surface area contributed by atoms with Crippen molar-refractivity contribution in [3.8, 4) is 52.7 Å².